The largest absolute Gasteiger partial charge is 0.494 e. The minimum Gasteiger partial charge on any atom is -0.494 e. The number of hydrogen-bond acceptors (Lipinski definition) is 6. The third kappa shape index (κ3) is 3.84. The van der Waals surface area contributed by atoms with Crippen LogP contribution < -0.4 is 20.5 Å². The number of hydrazone groups is 1. The van der Waals surface area contributed by atoms with Gasteiger partial charge in [-0.2, -0.15) is 5.10 Å². The SMILES string of the molecule is O=C(NN=Cc1c(O)n(-c2ccccc2Cl)c(=O)c2ccccc12)C1COc2ccccc2O1. The summed E-state index contributed by atoms with van der Waals surface area (Å²) in [4.78, 5) is 25.7. The van der Waals surface area contributed by atoms with E-state index < -0.39 is 17.6 Å². The van der Waals surface area contributed by atoms with Crippen LogP contribution in [0, 0.1) is 0 Å². The molecule has 9 heteroatoms. The number of carbonyl (C=O) groups excluding carboxylic acids is 1. The Kier molecular flexibility index (Phi) is 5.65. The van der Waals surface area contributed by atoms with E-state index in [2.05, 4.69) is 10.5 Å². The minimum absolute atomic E-state index is 0.0317. The predicted molar refractivity (Wildman–Crippen MR) is 128 cm³/mol. The van der Waals surface area contributed by atoms with E-state index in [4.69, 9.17) is 21.1 Å². The first-order valence-corrected chi connectivity index (χ1v) is 10.8. The zero-order valence-corrected chi connectivity index (χ0v) is 18.4. The van der Waals surface area contributed by atoms with Crippen LogP contribution in [0.15, 0.2) is 82.7 Å². The summed E-state index contributed by atoms with van der Waals surface area (Å²) in [5, 5.41) is 16.1. The molecule has 1 unspecified atom stereocenters. The lowest BCUT2D eigenvalue weighted by molar-refractivity contribution is -0.130. The second-order valence-electron chi connectivity index (χ2n) is 7.47. The number of aromatic nitrogens is 1. The van der Waals surface area contributed by atoms with Gasteiger partial charge in [-0.3, -0.25) is 9.59 Å². The second-order valence-corrected chi connectivity index (χ2v) is 7.88. The Morgan fingerprint density at radius 3 is 2.50 bits per heavy atom. The molecule has 2 N–H and O–H groups in total. The number of carbonyl (C=O) groups is 1. The van der Waals surface area contributed by atoms with Crippen molar-refractivity contribution >= 4 is 34.5 Å². The van der Waals surface area contributed by atoms with Crippen LogP contribution in [0.2, 0.25) is 5.02 Å². The Morgan fingerprint density at radius 1 is 1.03 bits per heavy atom. The fourth-order valence-electron chi connectivity index (χ4n) is 3.73. The van der Waals surface area contributed by atoms with E-state index in [0.29, 0.717) is 33.0 Å². The molecule has 1 aromatic heterocycles. The number of fused-ring (bicyclic) bond motifs is 2. The van der Waals surface area contributed by atoms with Gasteiger partial charge in [0.1, 0.15) is 6.61 Å². The monoisotopic (exact) mass is 475 g/mol. The Balaban J connectivity index is 1.48. The van der Waals surface area contributed by atoms with Gasteiger partial charge < -0.3 is 14.6 Å². The lowest BCUT2D eigenvalue weighted by Gasteiger charge is -2.24. The van der Waals surface area contributed by atoms with Crippen molar-refractivity contribution in [2.45, 2.75) is 6.10 Å². The van der Waals surface area contributed by atoms with Crippen molar-refractivity contribution in [3.05, 3.63) is 93.7 Å². The highest BCUT2D eigenvalue weighted by molar-refractivity contribution is 6.32. The molecule has 1 atom stereocenters. The maximum atomic E-state index is 13.1. The first kappa shape index (κ1) is 21.5. The van der Waals surface area contributed by atoms with E-state index in [1.807, 2.05) is 6.07 Å². The maximum Gasteiger partial charge on any atom is 0.284 e. The molecule has 0 saturated carbocycles. The van der Waals surface area contributed by atoms with E-state index in [1.165, 1.54) is 6.21 Å². The number of aromatic hydroxyl groups is 1. The van der Waals surface area contributed by atoms with Crippen molar-refractivity contribution < 1.29 is 19.4 Å². The van der Waals surface area contributed by atoms with E-state index in [-0.39, 0.29) is 18.1 Å². The Labute approximate surface area is 198 Å². The van der Waals surface area contributed by atoms with Gasteiger partial charge in [0, 0.05) is 10.8 Å². The van der Waals surface area contributed by atoms with Crippen LogP contribution in [0.4, 0.5) is 0 Å². The number of pyridine rings is 1. The van der Waals surface area contributed by atoms with Crippen LogP contribution in [0.1, 0.15) is 5.56 Å². The van der Waals surface area contributed by atoms with Gasteiger partial charge in [-0.25, -0.2) is 9.99 Å². The molecule has 170 valence electrons. The molecule has 1 aliphatic rings. The number of halogens is 1. The molecule has 0 radical (unpaired) electrons. The number of rotatable bonds is 4. The minimum atomic E-state index is -0.894. The second kappa shape index (κ2) is 8.92. The molecule has 0 aliphatic carbocycles. The summed E-state index contributed by atoms with van der Waals surface area (Å²) in [7, 11) is 0. The van der Waals surface area contributed by atoms with Gasteiger partial charge in [-0.15, -0.1) is 0 Å². The highest BCUT2D eigenvalue weighted by Gasteiger charge is 2.27. The summed E-state index contributed by atoms with van der Waals surface area (Å²) in [6, 6.07) is 20.5. The van der Waals surface area contributed by atoms with E-state index in [0.717, 1.165) is 4.57 Å². The van der Waals surface area contributed by atoms with Crippen LogP contribution in [-0.4, -0.2) is 34.5 Å². The zero-order valence-electron chi connectivity index (χ0n) is 17.6. The van der Waals surface area contributed by atoms with Crippen LogP contribution in [0.25, 0.3) is 16.5 Å². The van der Waals surface area contributed by atoms with Crippen molar-refractivity contribution in [1.82, 2.24) is 9.99 Å². The van der Waals surface area contributed by atoms with Crippen LogP contribution in [-0.2, 0) is 4.79 Å². The van der Waals surface area contributed by atoms with Crippen molar-refractivity contribution in [2.24, 2.45) is 5.10 Å². The number of ether oxygens (including phenoxy) is 2. The van der Waals surface area contributed by atoms with Crippen molar-refractivity contribution in [3.63, 3.8) is 0 Å². The molecule has 2 heterocycles. The molecule has 0 spiro atoms. The molecule has 34 heavy (non-hydrogen) atoms. The van der Waals surface area contributed by atoms with Gasteiger partial charge in [0.15, 0.2) is 11.5 Å². The molecule has 5 rings (SSSR count). The standard InChI is InChI=1S/C25H18ClN3O5/c26-18-9-3-4-10-19(18)29-24(31)16-8-2-1-7-15(16)17(25(29)32)13-27-28-23(30)22-14-33-20-11-5-6-12-21(20)34-22/h1-13,22,32H,14H2,(H,28,30). The van der Waals surface area contributed by atoms with Gasteiger partial charge >= 0.3 is 0 Å². The summed E-state index contributed by atoms with van der Waals surface area (Å²) in [6.07, 6.45) is 0.384. The number of benzene rings is 3. The summed E-state index contributed by atoms with van der Waals surface area (Å²) in [5.74, 6) is 0.150. The van der Waals surface area contributed by atoms with Gasteiger partial charge in [-0.05, 0) is 30.3 Å². The average Bonchev–Trinajstić information content (AvgIpc) is 2.87. The fraction of sp³-hybridized carbons (Fsp3) is 0.0800. The summed E-state index contributed by atoms with van der Waals surface area (Å²) in [5.41, 5.74) is 2.53. The van der Waals surface area contributed by atoms with Gasteiger partial charge in [0.25, 0.3) is 11.5 Å². The molecule has 0 fully saturated rings. The van der Waals surface area contributed by atoms with Crippen LogP contribution in [0.3, 0.4) is 0 Å². The molecular formula is C25H18ClN3O5. The molecule has 1 aliphatic heterocycles. The first-order chi connectivity index (χ1) is 16.5. The number of nitrogens with one attached hydrogen (secondary N) is 1. The van der Waals surface area contributed by atoms with Crippen molar-refractivity contribution in [2.75, 3.05) is 6.61 Å². The quantitative estimate of drug-likeness (QED) is 0.346. The van der Waals surface area contributed by atoms with Crippen molar-refractivity contribution in [1.29, 1.82) is 0 Å². The summed E-state index contributed by atoms with van der Waals surface area (Å²) < 4.78 is 12.3. The van der Waals surface area contributed by atoms with Crippen LogP contribution >= 0.6 is 11.6 Å². The van der Waals surface area contributed by atoms with Crippen LogP contribution in [0.5, 0.6) is 17.4 Å². The topological polar surface area (TPSA) is 102 Å². The number of hydrogen-bond donors (Lipinski definition) is 2. The highest BCUT2D eigenvalue weighted by atomic mass is 35.5. The van der Waals surface area contributed by atoms with Gasteiger partial charge in [-0.1, -0.05) is 54.1 Å². The average molecular weight is 476 g/mol. The summed E-state index contributed by atoms with van der Waals surface area (Å²) in [6.45, 7) is 0.0317. The number of amides is 1. The Bertz CT molecular complexity index is 1500. The van der Waals surface area contributed by atoms with E-state index >= 15 is 0 Å². The normalized spacial score (nSPS) is 14.9. The molecule has 0 saturated heterocycles. The molecule has 8 nitrogen and oxygen atoms in total. The molecular weight excluding hydrogens is 458 g/mol. The highest BCUT2D eigenvalue weighted by Crippen LogP contribution is 2.31. The lowest BCUT2D eigenvalue weighted by atomic mass is 10.1. The number of para-hydroxylation sites is 3. The molecule has 4 aromatic rings. The van der Waals surface area contributed by atoms with Gasteiger partial charge in [0.05, 0.1) is 22.5 Å². The molecule has 3 aromatic carbocycles. The fourth-order valence-corrected chi connectivity index (χ4v) is 3.95. The Morgan fingerprint density at radius 2 is 1.71 bits per heavy atom. The van der Waals surface area contributed by atoms with Crippen molar-refractivity contribution in [3.8, 4) is 23.1 Å². The van der Waals surface area contributed by atoms with E-state index in [9.17, 15) is 14.7 Å². The first-order valence-electron chi connectivity index (χ1n) is 10.4. The predicted octanol–water partition coefficient (Wildman–Crippen LogP) is 3.64. The zero-order chi connectivity index (χ0) is 23.7. The summed E-state index contributed by atoms with van der Waals surface area (Å²) >= 11 is 6.29. The van der Waals surface area contributed by atoms with Gasteiger partial charge in [0.2, 0.25) is 12.0 Å². The Hall–Kier alpha value is -4.30. The smallest absolute Gasteiger partial charge is 0.284 e. The molecule has 1 amide bonds. The maximum absolute atomic E-state index is 13.1. The third-order valence-electron chi connectivity index (χ3n) is 5.37. The lowest BCUT2D eigenvalue weighted by Crippen LogP contribution is -2.42. The molecule has 0 bridgehead atoms. The number of nitrogens with zero attached hydrogens (tertiary/aromatic N) is 2. The third-order valence-corrected chi connectivity index (χ3v) is 5.69. The van der Waals surface area contributed by atoms with E-state index in [1.54, 1.807) is 66.7 Å².